The number of rotatable bonds is 10. The molecule has 3 aliphatic heterocycles. The summed E-state index contributed by atoms with van der Waals surface area (Å²) < 4.78 is 12.8. The molecule has 4 atom stereocenters. The lowest BCUT2D eigenvalue weighted by Crippen LogP contribution is -2.47. The van der Waals surface area contributed by atoms with Gasteiger partial charge in [-0.3, -0.25) is 19.4 Å². The molecule has 7 nitrogen and oxygen atoms in total. The van der Waals surface area contributed by atoms with Crippen molar-refractivity contribution in [2.45, 2.75) is 64.6 Å². The molecule has 3 fully saturated rings. The van der Waals surface area contributed by atoms with E-state index in [1.54, 1.807) is 12.0 Å². The van der Waals surface area contributed by atoms with Gasteiger partial charge in [-0.25, -0.2) is 0 Å². The fraction of sp³-hybridized carbons (Fsp3) is 0.429. The first-order chi connectivity index (χ1) is 24.2. The number of piperidine rings is 1. The Hall–Kier alpha value is -3.47. The fourth-order valence-corrected chi connectivity index (χ4v) is 9.42. The van der Waals surface area contributed by atoms with Crippen LogP contribution in [0, 0.1) is 27.2 Å². The van der Waals surface area contributed by atoms with Crippen molar-refractivity contribution in [3.05, 3.63) is 104 Å². The third-order valence-electron chi connectivity index (χ3n) is 11.3. The summed E-state index contributed by atoms with van der Waals surface area (Å²) in [5.74, 6) is 0.256. The van der Waals surface area contributed by atoms with Crippen molar-refractivity contribution in [1.29, 1.82) is 0 Å². The summed E-state index contributed by atoms with van der Waals surface area (Å²) in [4.78, 5) is 32.5. The van der Waals surface area contributed by atoms with Gasteiger partial charge in [-0.15, -0.1) is 0 Å². The van der Waals surface area contributed by atoms with Crippen molar-refractivity contribution in [1.82, 2.24) is 9.80 Å². The summed E-state index contributed by atoms with van der Waals surface area (Å²) in [7, 11) is 1.57. The number of hydrogen-bond donors (Lipinski definition) is 1. The first kappa shape index (κ1) is 35.0. The molecule has 1 N–H and O–H groups in total. The van der Waals surface area contributed by atoms with E-state index in [2.05, 4.69) is 95.9 Å². The Morgan fingerprint density at radius 1 is 1.00 bits per heavy atom. The lowest BCUT2D eigenvalue weighted by atomic mass is 9.67. The SMILES string of the molecule is COc1cc(/C=C(/CC[C@H]2OC[C@H]3C2=C(C(C)C)C[C@H]2C(=O)N(C4CCN(Cc5ccccc5)CC4)C(=O)[C@H]23)c2ccccc2)cc(I)c1O. The third kappa shape index (κ3) is 6.91. The van der Waals surface area contributed by atoms with Crippen LogP contribution in [-0.4, -0.2) is 65.7 Å². The first-order valence-corrected chi connectivity index (χ1v) is 19.1. The number of methoxy groups -OCH3 is 1. The summed E-state index contributed by atoms with van der Waals surface area (Å²) in [6, 6.07) is 24.7. The van der Waals surface area contributed by atoms with E-state index in [-0.39, 0.29) is 53.4 Å². The number of nitrogens with zero attached hydrogens (tertiary/aromatic N) is 2. The highest BCUT2D eigenvalue weighted by Crippen LogP contribution is 2.52. The maximum Gasteiger partial charge on any atom is 0.234 e. The summed E-state index contributed by atoms with van der Waals surface area (Å²) in [6.45, 7) is 7.58. The van der Waals surface area contributed by atoms with E-state index in [0.717, 1.165) is 60.0 Å². The molecule has 0 bridgehead atoms. The molecule has 0 saturated carbocycles. The molecule has 4 aliphatic rings. The van der Waals surface area contributed by atoms with Gasteiger partial charge >= 0.3 is 0 Å². The van der Waals surface area contributed by atoms with Gasteiger partial charge in [-0.1, -0.05) is 86.2 Å². The van der Waals surface area contributed by atoms with Gasteiger partial charge < -0.3 is 14.6 Å². The largest absolute Gasteiger partial charge is 0.504 e. The zero-order valence-electron chi connectivity index (χ0n) is 29.2. The zero-order valence-corrected chi connectivity index (χ0v) is 31.3. The molecule has 3 aromatic rings. The maximum absolute atomic E-state index is 14.3. The van der Waals surface area contributed by atoms with Gasteiger partial charge in [-0.05, 0) is 101 Å². The molecular weight excluding hydrogens is 739 g/mol. The summed E-state index contributed by atoms with van der Waals surface area (Å²) in [5.41, 5.74) is 7.13. The molecule has 3 aromatic carbocycles. The number of hydrogen-bond acceptors (Lipinski definition) is 6. The van der Waals surface area contributed by atoms with Crippen molar-refractivity contribution in [2.75, 3.05) is 26.8 Å². The monoisotopic (exact) mass is 786 g/mol. The zero-order chi connectivity index (χ0) is 34.9. The minimum absolute atomic E-state index is 0.0248. The number of imide groups is 1. The van der Waals surface area contributed by atoms with E-state index in [9.17, 15) is 14.7 Å². The number of ether oxygens (including phenoxy) is 2. The van der Waals surface area contributed by atoms with Gasteiger partial charge in [0, 0.05) is 31.6 Å². The molecule has 8 heteroatoms. The average Bonchev–Trinajstić information content (AvgIpc) is 3.66. The van der Waals surface area contributed by atoms with Crippen LogP contribution >= 0.6 is 22.6 Å². The van der Waals surface area contributed by atoms with E-state index < -0.39 is 0 Å². The highest BCUT2D eigenvalue weighted by Gasteiger charge is 2.58. The molecule has 262 valence electrons. The van der Waals surface area contributed by atoms with E-state index >= 15 is 0 Å². The minimum Gasteiger partial charge on any atom is -0.504 e. The number of likely N-dealkylation sites (tertiary alicyclic amines) is 2. The first-order valence-electron chi connectivity index (χ1n) is 18.0. The van der Waals surface area contributed by atoms with Crippen molar-refractivity contribution in [3.63, 3.8) is 0 Å². The predicted octanol–water partition coefficient (Wildman–Crippen LogP) is 7.96. The molecule has 3 heterocycles. The van der Waals surface area contributed by atoms with Gasteiger partial charge in [0.1, 0.15) is 0 Å². The fourth-order valence-electron chi connectivity index (χ4n) is 8.79. The Kier molecular flexibility index (Phi) is 10.5. The van der Waals surface area contributed by atoms with Gasteiger partial charge in [0.2, 0.25) is 11.8 Å². The van der Waals surface area contributed by atoms with Crippen LogP contribution in [0.15, 0.2) is 83.9 Å². The number of halogens is 1. The number of amides is 2. The van der Waals surface area contributed by atoms with E-state index in [1.807, 2.05) is 24.3 Å². The molecule has 0 unspecified atom stereocenters. The van der Waals surface area contributed by atoms with Crippen LogP contribution in [0.5, 0.6) is 11.5 Å². The predicted molar refractivity (Wildman–Crippen MR) is 204 cm³/mol. The van der Waals surface area contributed by atoms with Gasteiger partial charge in [-0.2, -0.15) is 0 Å². The lowest BCUT2D eigenvalue weighted by Gasteiger charge is -2.36. The minimum atomic E-state index is -0.331. The lowest BCUT2D eigenvalue weighted by molar-refractivity contribution is -0.144. The standard InChI is InChI=1S/C42H47IN2O5/c1-26(2)32-23-33-39(42(48)45(41(33)47)31-16-18-44(19-17-31)24-27-10-6-4-7-11-27)34-25-50-36(38(32)34)15-14-30(29-12-8-5-9-13-29)20-28-21-35(43)40(46)37(22-28)49-3/h4-13,20-22,26,31,33-34,36,39,46H,14-19,23-25H2,1-3H3/b30-20-/t33-,34+,36-,39-/m1/s1. The molecular formula is C42H47IN2O5. The smallest absolute Gasteiger partial charge is 0.234 e. The van der Waals surface area contributed by atoms with Crippen molar-refractivity contribution < 1.29 is 24.2 Å². The van der Waals surface area contributed by atoms with Crippen LogP contribution in [0.4, 0.5) is 0 Å². The second kappa shape index (κ2) is 15.0. The number of aromatic hydroxyl groups is 1. The highest BCUT2D eigenvalue weighted by molar-refractivity contribution is 14.1. The van der Waals surface area contributed by atoms with Crippen LogP contribution in [0.2, 0.25) is 0 Å². The Bertz CT molecular complexity index is 1780. The molecule has 3 saturated heterocycles. The second-order valence-corrected chi connectivity index (χ2v) is 15.7. The second-order valence-electron chi connectivity index (χ2n) is 14.6. The van der Waals surface area contributed by atoms with Crippen LogP contribution in [-0.2, 0) is 20.9 Å². The normalized spacial score (nSPS) is 24.7. The number of allylic oxidation sites excluding steroid dienone is 2. The molecule has 1 aliphatic carbocycles. The molecule has 0 aromatic heterocycles. The molecule has 50 heavy (non-hydrogen) atoms. The highest BCUT2D eigenvalue weighted by atomic mass is 127. The van der Waals surface area contributed by atoms with Crippen LogP contribution < -0.4 is 4.74 Å². The van der Waals surface area contributed by atoms with E-state index in [1.165, 1.54) is 22.3 Å². The van der Waals surface area contributed by atoms with Crippen LogP contribution in [0.25, 0.3) is 11.6 Å². The molecule has 0 radical (unpaired) electrons. The topological polar surface area (TPSA) is 79.3 Å². The Balaban J connectivity index is 1.09. The summed E-state index contributed by atoms with van der Waals surface area (Å²) >= 11 is 2.13. The Morgan fingerprint density at radius 3 is 2.38 bits per heavy atom. The quantitative estimate of drug-likeness (QED) is 0.0974. The number of phenolic OH excluding ortho intramolecular Hbond substituents is 1. The molecule has 2 amide bonds. The van der Waals surface area contributed by atoms with Crippen molar-refractivity contribution in [2.24, 2.45) is 23.7 Å². The Morgan fingerprint density at radius 2 is 1.70 bits per heavy atom. The van der Waals surface area contributed by atoms with Gasteiger partial charge in [0.25, 0.3) is 0 Å². The van der Waals surface area contributed by atoms with E-state index in [4.69, 9.17) is 9.47 Å². The number of carbonyl (C=O) groups excluding carboxylic acids is 2. The van der Waals surface area contributed by atoms with Crippen LogP contribution in [0.1, 0.15) is 62.6 Å². The number of fused-ring (bicyclic) bond motifs is 3. The van der Waals surface area contributed by atoms with Crippen LogP contribution in [0.3, 0.4) is 0 Å². The van der Waals surface area contributed by atoms with Gasteiger partial charge in [0.15, 0.2) is 11.5 Å². The summed E-state index contributed by atoms with van der Waals surface area (Å²) in [6.07, 6.45) is 5.91. The third-order valence-corrected chi connectivity index (χ3v) is 12.1. The van der Waals surface area contributed by atoms with Crippen molar-refractivity contribution in [3.8, 4) is 11.5 Å². The van der Waals surface area contributed by atoms with Gasteiger partial charge in [0.05, 0.1) is 35.2 Å². The Labute approximate surface area is 309 Å². The number of phenols is 1. The summed E-state index contributed by atoms with van der Waals surface area (Å²) in [5, 5.41) is 10.4. The number of carbonyl (C=O) groups is 2. The maximum atomic E-state index is 14.3. The van der Waals surface area contributed by atoms with Crippen molar-refractivity contribution >= 4 is 46.1 Å². The average molecular weight is 787 g/mol. The number of benzene rings is 3. The molecule has 7 rings (SSSR count). The molecule has 0 spiro atoms. The van der Waals surface area contributed by atoms with E-state index in [0.29, 0.717) is 18.8 Å².